The molecule has 4 rings (SSSR count). The summed E-state index contributed by atoms with van der Waals surface area (Å²) >= 11 is 0. The van der Waals surface area contributed by atoms with Crippen LogP contribution in [0.15, 0.2) is 72.8 Å². The summed E-state index contributed by atoms with van der Waals surface area (Å²) in [6.07, 6.45) is 0. The second kappa shape index (κ2) is 16.0. The molecular weight excluding hydrogens is 566 g/mol. The number of nitrogens with zero attached hydrogens (tertiary/aromatic N) is 3. The average Bonchev–Trinajstić information content (AvgIpc) is 3.41. The van der Waals surface area contributed by atoms with E-state index in [0.29, 0.717) is 46.7 Å². The van der Waals surface area contributed by atoms with E-state index < -0.39 is 5.97 Å². The van der Waals surface area contributed by atoms with E-state index in [1.54, 1.807) is 18.2 Å². The third-order valence-electron chi connectivity index (χ3n) is 8.35. The summed E-state index contributed by atoms with van der Waals surface area (Å²) in [5.74, 6) is -0.740. The molecule has 1 aliphatic heterocycles. The van der Waals surface area contributed by atoms with E-state index in [4.69, 9.17) is 4.74 Å². The molecule has 0 saturated heterocycles. The molecule has 3 aromatic rings. The number of hydrogen-bond donors (Lipinski definition) is 2. The number of nitrogens with one attached hydrogen (secondary N) is 2. The van der Waals surface area contributed by atoms with Crippen molar-refractivity contribution in [1.82, 2.24) is 14.7 Å². The van der Waals surface area contributed by atoms with Gasteiger partial charge in [0.2, 0.25) is 0 Å². The van der Waals surface area contributed by atoms with Crippen molar-refractivity contribution in [2.24, 2.45) is 0 Å². The minimum absolute atomic E-state index is 0.00741. The Morgan fingerprint density at radius 3 is 1.87 bits per heavy atom. The maximum absolute atomic E-state index is 13.7. The van der Waals surface area contributed by atoms with E-state index in [1.165, 1.54) is 7.11 Å². The van der Waals surface area contributed by atoms with Crippen LogP contribution in [0.2, 0.25) is 0 Å². The number of benzene rings is 3. The average molecular weight is 612 g/mol. The summed E-state index contributed by atoms with van der Waals surface area (Å²) in [4.78, 5) is 45.8. The molecule has 0 bridgehead atoms. The largest absolute Gasteiger partial charge is 0.465 e. The van der Waals surface area contributed by atoms with Gasteiger partial charge in [-0.15, -0.1) is 0 Å². The third kappa shape index (κ3) is 8.17. The molecule has 0 aromatic heterocycles. The van der Waals surface area contributed by atoms with Crippen LogP contribution in [0.25, 0.3) is 11.3 Å². The van der Waals surface area contributed by atoms with E-state index in [2.05, 4.69) is 48.1 Å². The van der Waals surface area contributed by atoms with Gasteiger partial charge in [0.1, 0.15) is 0 Å². The standard InChI is InChI=1S/C36H45N5O4/c1-6-39(7-2)21-23-41(24-22-40(8-3)9-4)35(43)27-15-18-29(19-16-27)37-33(26-13-11-10-12-14-26)32-30-20-17-28(36(44)45-5)25-31(30)38-34(32)42/h10-20,25,37H,6-9,21-24H2,1-5H3,(H,38,42)/b33-32-. The number of carbonyl (C=O) groups is 3. The van der Waals surface area contributed by atoms with E-state index >= 15 is 0 Å². The van der Waals surface area contributed by atoms with E-state index in [1.807, 2.05) is 59.5 Å². The maximum atomic E-state index is 13.7. The zero-order valence-corrected chi connectivity index (χ0v) is 27.1. The van der Waals surface area contributed by atoms with Gasteiger partial charge in [-0.05, 0) is 68.1 Å². The van der Waals surface area contributed by atoms with Crippen LogP contribution in [0.5, 0.6) is 0 Å². The van der Waals surface area contributed by atoms with E-state index in [9.17, 15) is 14.4 Å². The smallest absolute Gasteiger partial charge is 0.337 e. The third-order valence-corrected chi connectivity index (χ3v) is 8.35. The van der Waals surface area contributed by atoms with Crippen molar-refractivity contribution in [3.63, 3.8) is 0 Å². The number of ether oxygens (including phenoxy) is 1. The zero-order valence-electron chi connectivity index (χ0n) is 27.1. The Morgan fingerprint density at radius 2 is 1.31 bits per heavy atom. The fraction of sp³-hybridized carbons (Fsp3) is 0.361. The van der Waals surface area contributed by atoms with Gasteiger partial charge >= 0.3 is 5.97 Å². The minimum atomic E-state index is -0.472. The first-order chi connectivity index (χ1) is 21.8. The SMILES string of the molecule is CCN(CC)CCN(CCN(CC)CC)C(=O)c1ccc(N/C(=C2\C(=O)Nc3cc(C(=O)OC)ccc32)c2ccccc2)cc1. The predicted molar refractivity (Wildman–Crippen MR) is 181 cm³/mol. The van der Waals surface area contributed by atoms with Crippen molar-refractivity contribution in [1.29, 1.82) is 0 Å². The molecule has 238 valence electrons. The number of esters is 1. The molecule has 0 saturated carbocycles. The number of rotatable bonds is 15. The lowest BCUT2D eigenvalue weighted by molar-refractivity contribution is -0.110. The molecule has 1 aliphatic rings. The van der Waals surface area contributed by atoms with Crippen LogP contribution in [0, 0.1) is 0 Å². The van der Waals surface area contributed by atoms with Crippen LogP contribution in [0.1, 0.15) is 59.5 Å². The second-order valence-electron chi connectivity index (χ2n) is 10.9. The van der Waals surface area contributed by atoms with Crippen LogP contribution in [-0.4, -0.2) is 92.0 Å². The van der Waals surface area contributed by atoms with Crippen LogP contribution >= 0.6 is 0 Å². The van der Waals surface area contributed by atoms with E-state index in [-0.39, 0.29) is 11.8 Å². The molecule has 0 fully saturated rings. The van der Waals surface area contributed by atoms with Crippen molar-refractivity contribution in [3.8, 4) is 0 Å². The lowest BCUT2D eigenvalue weighted by atomic mass is 9.99. The summed E-state index contributed by atoms with van der Waals surface area (Å²) < 4.78 is 4.85. The van der Waals surface area contributed by atoms with Crippen molar-refractivity contribution in [2.75, 3.05) is 70.1 Å². The first-order valence-electron chi connectivity index (χ1n) is 15.8. The maximum Gasteiger partial charge on any atom is 0.337 e. The highest BCUT2D eigenvalue weighted by molar-refractivity contribution is 6.37. The lowest BCUT2D eigenvalue weighted by Crippen LogP contribution is -2.42. The second-order valence-corrected chi connectivity index (χ2v) is 10.9. The Labute approximate surface area is 266 Å². The summed E-state index contributed by atoms with van der Waals surface area (Å²) in [5.41, 5.74) is 4.85. The van der Waals surface area contributed by atoms with Gasteiger partial charge in [0.15, 0.2) is 0 Å². The Hall–Kier alpha value is -4.47. The molecule has 9 heteroatoms. The molecule has 3 aromatic carbocycles. The van der Waals surface area contributed by atoms with Gasteiger partial charge in [-0.25, -0.2) is 4.79 Å². The monoisotopic (exact) mass is 611 g/mol. The number of anilines is 2. The fourth-order valence-electron chi connectivity index (χ4n) is 5.49. The molecule has 1 heterocycles. The number of hydrogen-bond acceptors (Lipinski definition) is 7. The first kappa shape index (κ1) is 33.4. The molecule has 0 aliphatic carbocycles. The Kier molecular flexibility index (Phi) is 11.9. The van der Waals surface area contributed by atoms with Crippen LogP contribution < -0.4 is 10.6 Å². The molecule has 9 nitrogen and oxygen atoms in total. The first-order valence-corrected chi connectivity index (χ1v) is 15.8. The van der Waals surface area contributed by atoms with Crippen molar-refractivity contribution in [2.45, 2.75) is 27.7 Å². The van der Waals surface area contributed by atoms with Crippen molar-refractivity contribution >= 4 is 40.4 Å². The number of likely N-dealkylation sites (N-methyl/N-ethyl adjacent to an activating group) is 2. The summed E-state index contributed by atoms with van der Waals surface area (Å²) in [5, 5.41) is 6.35. The van der Waals surface area contributed by atoms with Gasteiger partial charge in [0.05, 0.1) is 29.6 Å². The van der Waals surface area contributed by atoms with Gasteiger partial charge in [0.25, 0.3) is 11.8 Å². The molecule has 0 spiro atoms. The van der Waals surface area contributed by atoms with Crippen LogP contribution in [0.4, 0.5) is 11.4 Å². The number of methoxy groups -OCH3 is 1. The normalized spacial score (nSPS) is 13.4. The summed E-state index contributed by atoms with van der Waals surface area (Å²) in [6, 6.07) is 22.1. The van der Waals surface area contributed by atoms with Gasteiger partial charge in [-0.2, -0.15) is 0 Å². The Balaban J connectivity index is 1.62. The highest BCUT2D eigenvalue weighted by Gasteiger charge is 2.29. The fourth-order valence-corrected chi connectivity index (χ4v) is 5.49. The lowest BCUT2D eigenvalue weighted by Gasteiger charge is -2.29. The predicted octanol–water partition coefficient (Wildman–Crippen LogP) is 5.53. The number of carbonyl (C=O) groups excluding carboxylic acids is 3. The van der Waals surface area contributed by atoms with Crippen LogP contribution in [-0.2, 0) is 9.53 Å². The van der Waals surface area contributed by atoms with Crippen LogP contribution in [0.3, 0.4) is 0 Å². The molecule has 2 N–H and O–H groups in total. The number of amides is 2. The van der Waals surface area contributed by atoms with Crippen molar-refractivity contribution < 1.29 is 19.1 Å². The summed E-state index contributed by atoms with van der Waals surface area (Å²) in [7, 11) is 1.33. The minimum Gasteiger partial charge on any atom is -0.465 e. The topological polar surface area (TPSA) is 94.2 Å². The van der Waals surface area contributed by atoms with Gasteiger partial charge < -0.3 is 30.1 Å². The molecule has 0 unspecified atom stereocenters. The number of fused-ring (bicyclic) bond motifs is 1. The quantitative estimate of drug-likeness (QED) is 0.172. The zero-order chi connectivity index (χ0) is 32.3. The highest BCUT2D eigenvalue weighted by atomic mass is 16.5. The molecule has 45 heavy (non-hydrogen) atoms. The van der Waals surface area contributed by atoms with Gasteiger partial charge in [0, 0.05) is 43.0 Å². The Morgan fingerprint density at radius 1 is 0.733 bits per heavy atom. The summed E-state index contributed by atoms with van der Waals surface area (Å²) in [6.45, 7) is 15.3. The van der Waals surface area contributed by atoms with Gasteiger partial charge in [-0.3, -0.25) is 9.59 Å². The molecular formula is C36H45N5O4. The highest BCUT2D eigenvalue weighted by Crippen LogP contribution is 2.38. The molecule has 0 atom stereocenters. The van der Waals surface area contributed by atoms with E-state index in [0.717, 1.165) is 50.5 Å². The molecule has 2 amide bonds. The molecule has 0 radical (unpaired) electrons. The van der Waals surface area contributed by atoms with Crippen molar-refractivity contribution in [3.05, 3.63) is 95.1 Å². The Bertz CT molecular complexity index is 1480. The van der Waals surface area contributed by atoms with Gasteiger partial charge in [-0.1, -0.05) is 64.1 Å².